The fraction of sp³-hybridized carbons (Fsp3) is 0.714. The van der Waals surface area contributed by atoms with Crippen LogP contribution in [0.1, 0.15) is 62.5 Å². The molecule has 2 bridgehead atoms. The van der Waals surface area contributed by atoms with Crippen molar-refractivity contribution in [2.45, 2.75) is 74.8 Å². The molecule has 5 rings (SSSR count). The normalized spacial score (nSPS) is 43.0. The van der Waals surface area contributed by atoms with Crippen molar-refractivity contribution in [1.82, 2.24) is 0 Å². The molecule has 4 aliphatic rings. The average molecular weight is 343 g/mol. The highest BCUT2D eigenvalue weighted by Crippen LogP contribution is 2.60. The average Bonchev–Trinajstić information content (AvgIpc) is 2.55. The van der Waals surface area contributed by atoms with Crippen molar-refractivity contribution >= 4 is 0 Å². The summed E-state index contributed by atoms with van der Waals surface area (Å²) in [5, 5.41) is 35.9. The summed E-state index contributed by atoms with van der Waals surface area (Å²) < 4.78 is -0.191. The lowest BCUT2D eigenvalue weighted by molar-refractivity contribution is -0.926. The van der Waals surface area contributed by atoms with Crippen LogP contribution in [0, 0.1) is 11.1 Å². The minimum atomic E-state index is -0.907. The van der Waals surface area contributed by atoms with Crippen molar-refractivity contribution in [2.75, 3.05) is 13.1 Å². The van der Waals surface area contributed by atoms with Crippen molar-refractivity contribution in [3.63, 3.8) is 0 Å². The van der Waals surface area contributed by atoms with Gasteiger partial charge in [-0.05, 0) is 48.9 Å². The van der Waals surface area contributed by atoms with Crippen LogP contribution in [-0.2, 0) is 11.8 Å². The Morgan fingerprint density at radius 1 is 1.12 bits per heavy atom. The van der Waals surface area contributed by atoms with Gasteiger partial charge in [0.15, 0.2) is 0 Å². The highest BCUT2D eigenvalue weighted by atomic mass is 16.6. The van der Waals surface area contributed by atoms with Crippen LogP contribution in [0.4, 0.5) is 0 Å². The maximum atomic E-state index is 13.9. The zero-order valence-corrected chi connectivity index (χ0v) is 14.9. The molecular weight excluding hydrogens is 314 g/mol. The molecule has 1 aliphatic heterocycles. The van der Waals surface area contributed by atoms with Crippen LogP contribution in [0.5, 0.6) is 5.75 Å². The van der Waals surface area contributed by atoms with E-state index in [2.05, 4.69) is 0 Å². The van der Waals surface area contributed by atoms with Gasteiger partial charge in [-0.15, -0.1) is 0 Å². The van der Waals surface area contributed by atoms with Gasteiger partial charge < -0.3 is 20.1 Å². The number of aliphatic hydroxyl groups is 1. The number of benzene rings is 1. The maximum Gasteiger partial charge on any atom is 0.127 e. The number of phenolic OH excluding ortho intramolecular Hbond substituents is 1. The molecule has 0 radical (unpaired) electrons. The monoisotopic (exact) mass is 343 g/mol. The fourth-order valence-corrected chi connectivity index (χ4v) is 6.59. The van der Waals surface area contributed by atoms with E-state index in [0.717, 1.165) is 37.7 Å². The molecule has 0 amide bonds. The number of rotatable bonds is 2. The Morgan fingerprint density at radius 3 is 2.68 bits per heavy atom. The second kappa shape index (κ2) is 5.21. The molecule has 4 heteroatoms. The molecule has 136 valence electrons. The number of nitrogens with zero attached hydrogens (tertiary/aromatic N) is 1. The van der Waals surface area contributed by atoms with Crippen LogP contribution in [-0.4, -0.2) is 39.6 Å². The third-order valence-corrected chi connectivity index (χ3v) is 8.09. The fourth-order valence-electron chi connectivity index (χ4n) is 6.59. The third-order valence-electron chi connectivity index (χ3n) is 8.09. The Labute approximate surface area is 149 Å². The van der Waals surface area contributed by atoms with Gasteiger partial charge in [-0.25, -0.2) is 0 Å². The molecule has 4 nitrogen and oxygen atoms in total. The maximum absolute atomic E-state index is 13.9. The van der Waals surface area contributed by atoms with E-state index < -0.39 is 5.60 Å². The van der Waals surface area contributed by atoms with Gasteiger partial charge in [-0.3, -0.25) is 0 Å². The first-order valence-electron chi connectivity index (χ1n) is 10.1. The quantitative estimate of drug-likeness (QED) is 0.639. The van der Waals surface area contributed by atoms with Crippen LogP contribution in [0.3, 0.4) is 0 Å². The lowest BCUT2D eigenvalue weighted by Gasteiger charge is -2.68. The van der Waals surface area contributed by atoms with Gasteiger partial charge in [-0.1, -0.05) is 25.3 Å². The summed E-state index contributed by atoms with van der Waals surface area (Å²) in [5.41, 5.74) is 1.07. The number of aromatic hydroxyl groups is 1. The summed E-state index contributed by atoms with van der Waals surface area (Å²) in [6, 6.07) is 5.37. The smallest absolute Gasteiger partial charge is 0.127 e. The number of quaternary nitrogens is 1. The van der Waals surface area contributed by atoms with E-state index in [9.17, 15) is 15.4 Å². The Hall–Kier alpha value is -1.10. The van der Waals surface area contributed by atoms with Gasteiger partial charge in [-0.2, -0.15) is 0 Å². The molecule has 1 aromatic rings. The standard InChI is InChI=1S/C21H29NO3/c23-17-7-6-16-12-19-21(24)9-2-1-8-20(21,18(16)13-17)10-11-22(19,25)14-15-4-3-5-15/h6-7,13,15,19,23-24H,1-5,8-12,14H2/t19-,20+,21-,22?/m1/s1. The van der Waals surface area contributed by atoms with Gasteiger partial charge in [0.25, 0.3) is 0 Å². The summed E-state index contributed by atoms with van der Waals surface area (Å²) in [5.74, 6) is 0.834. The number of hydrogen-bond acceptors (Lipinski definition) is 3. The molecule has 3 fully saturated rings. The minimum Gasteiger partial charge on any atom is -0.632 e. The number of phenols is 1. The zero-order chi connectivity index (χ0) is 17.3. The first-order chi connectivity index (χ1) is 12.0. The summed E-state index contributed by atoms with van der Waals surface area (Å²) in [7, 11) is 0. The minimum absolute atomic E-state index is 0.191. The summed E-state index contributed by atoms with van der Waals surface area (Å²) in [6.45, 7) is 1.31. The predicted octanol–water partition coefficient (Wildman–Crippen LogP) is 3.38. The Balaban J connectivity index is 1.63. The number of likely N-dealkylation sites (tertiary alicyclic amines) is 1. The van der Waals surface area contributed by atoms with Gasteiger partial charge in [0.2, 0.25) is 0 Å². The predicted molar refractivity (Wildman–Crippen MR) is 96.0 cm³/mol. The molecule has 4 atom stereocenters. The number of fused-ring (bicyclic) bond motifs is 1. The largest absolute Gasteiger partial charge is 0.632 e. The summed E-state index contributed by atoms with van der Waals surface area (Å²) in [6.07, 6.45) is 8.83. The molecule has 25 heavy (non-hydrogen) atoms. The molecule has 1 saturated heterocycles. The Kier molecular flexibility index (Phi) is 3.36. The highest BCUT2D eigenvalue weighted by Gasteiger charge is 2.67. The van der Waals surface area contributed by atoms with Gasteiger partial charge >= 0.3 is 0 Å². The second-order valence-corrected chi connectivity index (χ2v) is 9.18. The van der Waals surface area contributed by atoms with Crippen molar-refractivity contribution in [3.05, 3.63) is 34.5 Å². The third kappa shape index (κ3) is 2.05. The molecule has 1 heterocycles. The Morgan fingerprint density at radius 2 is 1.92 bits per heavy atom. The molecular formula is C21H29NO3. The number of piperidine rings is 1. The topological polar surface area (TPSA) is 63.5 Å². The first-order valence-corrected chi connectivity index (χ1v) is 10.1. The van der Waals surface area contributed by atoms with Gasteiger partial charge in [0.1, 0.15) is 17.4 Å². The van der Waals surface area contributed by atoms with Crippen molar-refractivity contribution in [1.29, 1.82) is 0 Å². The molecule has 2 N–H and O–H groups in total. The SMILES string of the molecule is [O-][N+]1(CC2CCC2)CC[C@]23CCCC[C@@]2(O)[C@H]1Cc1ccc(O)cc13. The number of hydroxylamine groups is 3. The number of hydrogen-bond donors (Lipinski definition) is 2. The molecule has 1 unspecified atom stereocenters. The van der Waals surface area contributed by atoms with Crippen molar-refractivity contribution in [3.8, 4) is 5.75 Å². The van der Waals surface area contributed by atoms with E-state index in [1.165, 1.54) is 24.8 Å². The lowest BCUT2D eigenvalue weighted by atomic mass is 9.49. The van der Waals surface area contributed by atoms with E-state index in [-0.39, 0.29) is 21.9 Å². The van der Waals surface area contributed by atoms with Crippen LogP contribution >= 0.6 is 0 Å². The second-order valence-electron chi connectivity index (χ2n) is 9.18. The van der Waals surface area contributed by atoms with E-state index in [0.29, 0.717) is 25.4 Å². The van der Waals surface area contributed by atoms with E-state index in [1.807, 2.05) is 12.1 Å². The van der Waals surface area contributed by atoms with Crippen molar-refractivity contribution < 1.29 is 14.9 Å². The molecule has 1 aromatic carbocycles. The van der Waals surface area contributed by atoms with Crippen LogP contribution in [0.25, 0.3) is 0 Å². The zero-order valence-electron chi connectivity index (χ0n) is 14.9. The first kappa shape index (κ1) is 16.1. The van der Waals surface area contributed by atoms with E-state index in [4.69, 9.17) is 0 Å². The molecule has 3 aliphatic carbocycles. The van der Waals surface area contributed by atoms with Crippen LogP contribution < -0.4 is 0 Å². The van der Waals surface area contributed by atoms with Crippen LogP contribution in [0.2, 0.25) is 0 Å². The molecule has 0 aromatic heterocycles. The lowest BCUT2D eigenvalue weighted by Crippen LogP contribution is -2.77. The van der Waals surface area contributed by atoms with Gasteiger partial charge in [0, 0.05) is 24.2 Å². The van der Waals surface area contributed by atoms with E-state index in [1.54, 1.807) is 6.07 Å². The van der Waals surface area contributed by atoms with E-state index >= 15 is 0 Å². The highest BCUT2D eigenvalue weighted by molar-refractivity contribution is 5.47. The van der Waals surface area contributed by atoms with Gasteiger partial charge in [0.05, 0.1) is 13.1 Å². The van der Waals surface area contributed by atoms with Crippen molar-refractivity contribution in [2.24, 2.45) is 5.92 Å². The summed E-state index contributed by atoms with van der Waals surface area (Å²) in [4.78, 5) is 0. The molecule has 2 saturated carbocycles. The molecule has 0 spiro atoms. The Bertz CT molecular complexity index is 702. The van der Waals surface area contributed by atoms with Crippen LogP contribution in [0.15, 0.2) is 18.2 Å². The summed E-state index contributed by atoms with van der Waals surface area (Å²) >= 11 is 0.